The number of rotatable bonds is 11. The fourth-order valence-corrected chi connectivity index (χ4v) is 5.38. The van der Waals surface area contributed by atoms with Gasteiger partial charge in [-0.1, -0.05) is 18.2 Å². The van der Waals surface area contributed by atoms with Crippen LogP contribution in [0.25, 0.3) is 0 Å². The van der Waals surface area contributed by atoms with E-state index < -0.39 is 43.8 Å². The number of ether oxygens (including phenoxy) is 1. The molecule has 2 rings (SSSR count). The lowest BCUT2D eigenvalue weighted by atomic mass is 10.00. The van der Waals surface area contributed by atoms with Crippen molar-refractivity contribution in [1.29, 1.82) is 0 Å². The minimum Gasteiger partial charge on any atom is -0.468 e. The molecule has 0 radical (unpaired) electrons. The SMILES string of the molecule is COC(=O)[C@H](C(N)(N)C(=O)Cc1nnc(CCC[N+](=O)[O-])s1)S(=O)(=O)c1ccccc1. The number of sulfone groups is 1. The molecular weight excluding hydrogens is 450 g/mol. The van der Waals surface area contributed by atoms with Crippen LogP contribution in [0.2, 0.25) is 0 Å². The predicted octanol–water partition coefficient (Wildman–Crippen LogP) is -0.512. The molecule has 1 atom stereocenters. The van der Waals surface area contributed by atoms with Crippen LogP contribution in [0.5, 0.6) is 0 Å². The summed E-state index contributed by atoms with van der Waals surface area (Å²) in [7, 11) is -3.51. The highest BCUT2D eigenvalue weighted by Crippen LogP contribution is 2.24. The van der Waals surface area contributed by atoms with Crippen molar-refractivity contribution in [3.05, 3.63) is 50.5 Å². The summed E-state index contributed by atoms with van der Waals surface area (Å²) in [6.07, 6.45) is 0.0567. The third-order valence-electron chi connectivity index (χ3n) is 4.27. The van der Waals surface area contributed by atoms with Crippen LogP contribution in [0.3, 0.4) is 0 Å². The molecule has 1 aromatic carbocycles. The Morgan fingerprint density at radius 1 is 1.23 bits per heavy atom. The number of hydrogen-bond acceptors (Lipinski definition) is 12. The first-order valence-electron chi connectivity index (χ1n) is 8.91. The van der Waals surface area contributed by atoms with E-state index in [1.807, 2.05) is 0 Å². The number of nitro groups is 1. The van der Waals surface area contributed by atoms with E-state index in [-0.39, 0.29) is 29.3 Å². The molecule has 12 nitrogen and oxygen atoms in total. The van der Waals surface area contributed by atoms with Crippen molar-refractivity contribution in [1.82, 2.24) is 10.2 Å². The molecule has 0 saturated carbocycles. The molecule has 2 aromatic rings. The first-order valence-corrected chi connectivity index (χ1v) is 11.3. The second kappa shape index (κ2) is 10.00. The van der Waals surface area contributed by atoms with Gasteiger partial charge >= 0.3 is 5.97 Å². The van der Waals surface area contributed by atoms with E-state index >= 15 is 0 Å². The largest absolute Gasteiger partial charge is 0.468 e. The van der Waals surface area contributed by atoms with E-state index in [4.69, 9.17) is 11.5 Å². The zero-order chi connectivity index (χ0) is 23.2. The second-order valence-corrected chi connectivity index (χ2v) is 9.72. The predicted molar refractivity (Wildman–Crippen MR) is 109 cm³/mol. The van der Waals surface area contributed by atoms with Crippen molar-refractivity contribution < 1.29 is 27.7 Å². The van der Waals surface area contributed by atoms with E-state index in [2.05, 4.69) is 14.9 Å². The minimum atomic E-state index is -4.46. The molecule has 0 spiro atoms. The van der Waals surface area contributed by atoms with Crippen molar-refractivity contribution in [2.45, 2.75) is 35.1 Å². The summed E-state index contributed by atoms with van der Waals surface area (Å²) >= 11 is 1.02. The molecule has 4 N–H and O–H groups in total. The average Bonchev–Trinajstić information content (AvgIpc) is 3.15. The summed E-state index contributed by atoms with van der Waals surface area (Å²) in [6.45, 7) is -0.235. The van der Waals surface area contributed by atoms with Crippen LogP contribution in [-0.4, -0.2) is 59.9 Å². The highest BCUT2D eigenvalue weighted by Gasteiger charge is 2.52. The molecule has 0 aliphatic rings. The van der Waals surface area contributed by atoms with Gasteiger partial charge < -0.3 is 16.2 Å². The van der Waals surface area contributed by atoms with Gasteiger partial charge in [0.25, 0.3) is 0 Å². The maximum absolute atomic E-state index is 13.0. The molecule has 1 aromatic heterocycles. The number of aromatic nitrogens is 2. The van der Waals surface area contributed by atoms with Crippen molar-refractivity contribution in [2.24, 2.45) is 11.5 Å². The maximum atomic E-state index is 13.0. The lowest BCUT2D eigenvalue weighted by Crippen LogP contribution is -2.69. The molecule has 0 amide bonds. The van der Waals surface area contributed by atoms with Crippen LogP contribution < -0.4 is 11.5 Å². The van der Waals surface area contributed by atoms with Crippen LogP contribution in [-0.2, 0) is 37.0 Å². The Hall–Kier alpha value is -2.81. The number of hydrogen-bond donors (Lipinski definition) is 2. The zero-order valence-corrected chi connectivity index (χ0v) is 18.1. The number of carbonyl (C=O) groups excluding carboxylic acids is 2. The van der Waals surface area contributed by atoms with Gasteiger partial charge in [0.1, 0.15) is 10.0 Å². The van der Waals surface area contributed by atoms with Gasteiger partial charge in [-0.25, -0.2) is 8.42 Å². The summed E-state index contributed by atoms with van der Waals surface area (Å²) in [5.41, 5.74) is 9.19. The molecule has 0 fully saturated rings. The molecule has 0 bridgehead atoms. The third kappa shape index (κ3) is 5.88. The molecule has 0 saturated heterocycles. The van der Waals surface area contributed by atoms with Crippen LogP contribution >= 0.6 is 11.3 Å². The van der Waals surface area contributed by atoms with Gasteiger partial charge in [0.05, 0.1) is 18.4 Å². The van der Waals surface area contributed by atoms with Crippen LogP contribution in [0.15, 0.2) is 35.2 Å². The lowest BCUT2D eigenvalue weighted by Gasteiger charge is -2.30. The van der Waals surface area contributed by atoms with Gasteiger partial charge in [-0.3, -0.25) is 19.7 Å². The molecule has 0 unspecified atom stereocenters. The van der Waals surface area contributed by atoms with Crippen LogP contribution in [0, 0.1) is 10.1 Å². The summed E-state index contributed by atoms with van der Waals surface area (Å²) < 4.78 is 30.6. The van der Waals surface area contributed by atoms with Gasteiger partial charge in [-0.15, -0.1) is 21.5 Å². The quantitative estimate of drug-likeness (QED) is 0.185. The highest BCUT2D eigenvalue weighted by molar-refractivity contribution is 7.93. The second-order valence-electron chi connectivity index (χ2n) is 6.54. The number of nitrogens with zero attached hydrogens (tertiary/aromatic N) is 3. The van der Waals surface area contributed by atoms with Crippen LogP contribution in [0.1, 0.15) is 16.4 Å². The fraction of sp³-hybridized carbons (Fsp3) is 0.412. The molecule has 31 heavy (non-hydrogen) atoms. The van der Waals surface area contributed by atoms with Crippen molar-refractivity contribution in [3.63, 3.8) is 0 Å². The Bertz CT molecular complexity index is 1050. The van der Waals surface area contributed by atoms with Gasteiger partial charge in [-0.2, -0.15) is 0 Å². The number of methoxy groups -OCH3 is 1. The standard InChI is InChI=1S/C17H21N5O7S2/c1-29-16(24)15(31(27,28)11-6-3-2-4-7-11)17(18,19)12(23)10-14-21-20-13(30-14)8-5-9-22(25)26/h2-4,6-7,15H,5,8-10,18-19H2,1H3/t15-/m1/s1. The van der Waals surface area contributed by atoms with E-state index in [9.17, 15) is 28.1 Å². The maximum Gasteiger partial charge on any atom is 0.328 e. The van der Waals surface area contributed by atoms with E-state index in [1.54, 1.807) is 6.07 Å². The fourth-order valence-electron chi connectivity index (χ4n) is 2.69. The van der Waals surface area contributed by atoms with E-state index in [0.717, 1.165) is 18.4 Å². The first-order chi connectivity index (χ1) is 14.5. The average molecular weight is 472 g/mol. The Morgan fingerprint density at radius 2 is 1.84 bits per heavy atom. The zero-order valence-electron chi connectivity index (χ0n) is 16.5. The Labute approximate surface area is 181 Å². The molecular formula is C17H21N5O7S2. The molecule has 0 aliphatic carbocycles. The smallest absolute Gasteiger partial charge is 0.328 e. The molecule has 0 aliphatic heterocycles. The number of nitrogens with two attached hydrogens (primary N) is 2. The third-order valence-corrected chi connectivity index (χ3v) is 7.38. The molecule has 14 heteroatoms. The normalized spacial score (nSPS) is 12.9. The Kier molecular flexibility index (Phi) is 7.89. The van der Waals surface area contributed by atoms with E-state index in [0.29, 0.717) is 5.01 Å². The number of benzene rings is 1. The van der Waals surface area contributed by atoms with Gasteiger partial charge in [0.2, 0.25) is 11.8 Å². The number of Topliss-reactive ketones (excluding diaryl/α,β-unsaturated/α-hetero) is 1. The number of carbonyl (C=O) groups is 2. The van der Waals surface area contributed by atoms with Gasteiger partial charge in [0.15, 0.2) is 21.3 Å². The van der Waals surface area contributed by atoms with Gasteiger partial charge in [-0.05, 0) is 12.1 Å². The van der Waals surface area contributed by atoms with Gasteiger partial charge in [0, 0.05) is 17.8 Å². The highest BCUT2D eigenvalue weighted by atomic mass is 32.2. The van der Waals surface area contributed by atoms with Crippen molar-refractivity contribution in [2.75, 3.05) is 13.7 Å². The Balaban J connectivity index is 2.25. The number of ketones is 1. The summed E-state index contributed by atoms with van der Waals surface area (Å²) in [4.78, 5) is 34.8. The molecule has 168 valence electrons. The van der Waals surface area contributed by atoms with Crippen molar-refractivity contribution in [3.8, 4) is 0 Å². The lowest BCUT2D eigenvalue weighted by molar-refractivity contribution is -0.480. The topological polar surface area (TPSA) is 198 Å². The molecule has 1 heterocycles. The van der Waals surface area contributed by atoms with Crippen molar-refractivity contribution >= 4 is 32.9 Å². The first kappa shape index (κ1) is 24.5. The minimum absolute atomic E-state index is 0.183. The van der Waals surface area contributed by atoms with E-state index in [1.165, 1.54) is 24.3 Å². The number of esters is 1. The monoisotopic (exact) mass is 471 g/mol. The Morgan fingerprint density at radius 3 is 2.42 bits per heavy atom. The summed E-state index contributed by atoms with van der Waals surface area (Å²) in [5.74, 6) is -2.24. The summed E-state index contributed by atoms with van der Waals surface area (Å²) in [6, 6.07) is 6.95. The van der Waals surface area contributed by atoms with Crippen LogP contribution in [0.4, 0.5) is 0 Å². The number of aryl methyl sites for hydroxylation is 1. The summed E-state index contributed by atoms with van der Waals surface area (Å²) in [5, 5.41) is 16.5.